The number of hydrogen-bond acceptors (Lipinski definition) is 2. The molecule has 2 heterocycles. The summed E-state index contributed by atoms with van der Waals surface area (Å²) >= 11 is 0. The highest BCUT2D eigenvalue weighted by atomic mass is 19.4. The van der Waals surface area contributed by atoms with E-state index in [1.165, 1.54) is 6.07 Å². The Kier molecular flexibility index (Phi) is 2.48. The van der Waals surface area contributed by atoms with Gasteiger partial charge in [0, 0.05) is 5.56 Å². The van der Waals surface area contributed by atoms with Gasteiger partial charge >= 0.3 is 6.18 Å². The largest absolute Gasteiger partial charge is 0.451 e. The first-order valence-electron chi connectivity index (χ1n) is 5.03. The van der Waals surface area contributed by atoms with Gasteiger partial charge < -0.3 is 0 Å². The average molecular weight is 245 g/mol. The fourth-order valence-corrected chi connectivity index (χ4v) is 1.75. The van der Waals surface area contributed by atoms with Crippen molar-refractivity contribution in [3.05, 3.63) is 33.4 Å². The fraction of sp³-hybridized carbons (Fsp3) is 0.400. The summed E-state index contributed by atoms with van der Waals surface area (Å²) in [6.07, 6.45) is -4.12. The second-order valence-electron chi connectivity index (χ2n) is 3.73. The fourth-order valence-electron chi connectivity index (χ4n) is 1.75. The van der Waals surface area contributed by atoms with Crippen LogP contribution in [0.25, 0.3) is 5.65 Å². The lowest BCUT2D eigenvalue weighted by Crippen LogP contribution is -2.20. The Labute approximate surface area is 94.1 Å². The molecule has 0 saturated carbocycles. The van der Waals surface area contributed by atoms with Crippen molar-refractivity contribution in [3.8, 4) is 0 Å². The van der Waals surface area contributed by atoms with Crippen molar-refractivity contribution in [2.75, 3.05) is 0 Å². The molecule has 92 valence electrons. The molecule has 0 saturated heterocycles. The Balaban J connectivity index is 2.79. The topological polar surface area (TPSA) is 50.2 Å². The van der Waals surface area contributed by atoms with Gasteiger partial charge in [-0.2, -0.15) is 17.7 Å². The summed E-state index contributed by atoms with van der Waals surface area (Å²) < 4.78 is 38.1. The Morgan fingerprint density at radius 2 is 2.12 bits per heavy atom. The first kappa shape index (κ1) is 11.7. The van der Waals surface area contributed by atoms with Gasteiger partial charge in [0.25, 0.3) is 5.56 Å². The third-order valence-electron chi connectivity index (χ3n) is 2.58. The summed E-state index contributed by atoms with van der Waals surface area (Å²) in [5.74, 6) is -1.16. The summed E-state index contributed by atoms with van der Waals surface area (Å²) in [6.45, 7) is 3.46. The van der Waals surface area contributed by atoms with Crippen molar-refractivity contribution in [1.82, 2.24) is 14.6 Å². The molecule has 2 aromatic rings. The molecule has 0 aliphatic rings. The first-order chi connectivity index (χ1) is 7.84. The highest BCUT2D eigenvalue weighted by molar-refractivity contribution is 5.43. The van der Waals surface area contributed by atoms with Gasteiger partial charge in [-0.15, -0.1) is 0 Å². The SMILES string of the molecule is CCc1c(C)cc2nc(C(F)(F)F)[nH]n2c1=O. The van der Waals surface area contributed by atoms with Crippen LogP contribution >= 0.6 is 0 Å². The summed E-state index contributed by atoms with van der Waals surface area (Å²) in [6, 6.07) is 1.46. The van der Waals surface area contributed by atoms with E-state index < -0.39 is 17.6 Å². The van der Waals surface area contributed by atoms with E-state index in [0.717, 1.165) is 4.52 Å². The molecule has 2 rings (SSSR count). The van der Waals surface area contributed by atoms with Gasteiger partial charge in [-0.05, 0) is 25.0 Å². The van der Waals surface area contributed by atoms with Gasteiger partial charge in [-0.25, -0.2) is 4.98 Å². The highest BCUT2D eigenvalue weighted by Crippen LogP contribution is 2.26. The second-order valence-corrected chi connectivity index (χ2v) is 3.73. The van der Waals surface area contributed by atoms with Crippen LogP contribution in [0.4, 0.5) is 13.2 Å². The van der Waals surface area contributed by atoms with Crippen LogP contribution in [0, 0.1) is 6.92 Å². The molecule has 0 radical (unpaired) electrons. The minimum Gasteiger partial charge on any atom is -0.269 e. The second kappa shape index (κ2) is 3.61. The number of nitrogens with zero attached hydrogens (tertiary/aromatic N) is 2. The molecule has 0 aromatic carbocycles. The number of aromatic amines is 1. The molecule has 0 bridgehead atoms. The predicted octanol–water partition coefficient (Wildman–Crippen LogP) is 1.91. The van der Waals surface area contributed by atoms with E-state index in [1.54, 1.807) is 13.8 Å². The van der Waals surface area contributed by atoms with Gasteiger partial charge in [-0.3, -0.25) is 9.89 Å². The maximum atomic E-state index is 12.4. The third-order valence-corrected chi connectivity index (χ3v) is 2.58. The number of aromatic nitrogens is 3. The van der Waals surface area contributed by atoms with Crippen LogP contribution in [0.15, 0.2) is 10.9 Å². The van der Waals surface area contributed by atoms with E-state index >= 15 is 0 Å². The number of rotatable bonds is 1. The lowest BCUT2D eigenvalue weighted by molar-refractivity contribution is -0.144. The van der Waals surface area contributed by atoms with Gasteiger partial charge in [0.1, 0.15) is 0 Å². The van der Waals surface area contributed by atoms with Crippen molar-refractivity contribution in [2.45, 2.75) is 26.4 Å². The van der Waals surface area contributed by atoms with E-state index in [1.807, 2.05) is 5.10 Å². The smallest absolute Gasteiger partial charge is 0.269 e. The van der Waals surface area contributed by atoms with Crippen molar-refractivity contribution in [1.29, 1.82) is 0 Å². The quantitative estimate of drug-likeness (QED) is 0.834. The minimum absolute atomic E-state index is 0.0166. The maximum absolute atomic E-state index is 12.4. The summed E-state index contributed by atoms with van der Waals surface area (Å²) in [4.78, 5) is 15.2. The first-order valence-corrected chi connectivity index (χ1v) is 5.03. The number of nitrogens with one attached hydrogen (secondary N) is 1. The minimum atomic E-state index is -4.58. The summed E-state index contributed by atoms with van der Waals surface area (Å²) in [7, 11) is 0. The molecular formula is C10H10F3N3O. The normalized spacial score (nSPS) is 12.3. The molecule has 0 fully saturated rings. The van der Waals surface area contributed by atoms with Crippen LogP contribution in [0.1, 0.15) is 23.9 Å². The van der Waals surface area contributed by atoms with Crippen molar-refractivity contribution in [2.24, 2.45) is 0 Å². The van der Waals surface area contributed by atoms with Gasteiger partial charge in [0.15, 0.2) is 5.65 Å². The van der Waals surface area contributed by atoms with Crippen LogP contribution in [0.3, 0.4) is 0 Å². The van der Waals surface area contributed by atoms with Crippen LogP contribution < -0.4 is 5.56 Å². The van der Waals surface area contributed by atoms with E-state index in [4.69, 9.17) is 0 Å². The zero-order chi connectivity index (χ0) is 12.8. The molecule has 0 amide bonds. The standard InChI is InChI=1S/C10H10F3N3O/c1-3-6-5(2)4-7-14-9(10(11,12)13)15-16(7)8(6)17/h4H,3H2,1-2H3,(H,14,15). The Morgan fingerprint density at radius 3 is 2.65 bits per heavy atom. The molecule has 0 unspecified atom stereocenters. The summed E-state index contributed by atoms with van der Waals surface area (Å²) in [5.41, 5.74) is 0.639. The molecule has 0 aliphatic carbocycles. The molecular weight excluding hydrogens is 235 g/mol. The molecule has 7 heteroatoms. The maximum Gasteiger partial charge on any atom is 0.451 e. The number of aryl methyl sites for hydroxylation is 1. The molecule has 2 aromatic heterocycles. The van der Waals surface area contributed by atoms with E-state index in [2.05, 4.69) is 4.98 Å². The number of pyridine rings is 1. The van der Waals surface area contributed by atoms with Crippen LogP contribution in [-0.2, 0) is 12.6 Å². The van der Waals surface area contributed by atoms with Gasteiger partial charge in [-0.1, -0.05) is 6.92 Å². The van der Waals surface area contributed by atoms with E-state index in [0.29, 0.717) is 17.5 Å². The molecule has 0 atom stereocenters. The lowest BCUT2D eigenvalue weighted by Gasteiger charge is -2.01. The van der Waals surface area contributed by atoms with Crippen molar-refractivity contribution in [3.63, 3.8) is 0 Å². The summed E-state index contributed by atoms with van der Waals surface area (Å²) in [5, 5.41) is 1.97. The van der Waals surface area contributed by atoms with Crippen molar-refractivity contribution >= 4 is 5.65 Å². The highest BCUT2D eigenvalue weighted by Gasteiger charge is 2.35. The number of alkyl halides is 3. The number of hydrogen-bond donors (Lipinski definition) is 1. The van der Waals surface area contributed by atoms with Crippen LogP contribution in [0.5, 0.6) is 0 Å². The van der Waals surface area contributed by atoms with E-state index in [-0.39, 0.29) is 5.65 Å². The lowest BCUT2D eigenvalue weighted by atomic mass is 10.1. The number of fused-ring (bicyclic) bond motifs is 1. The number of H-pyrrole nitrogens is 1. The molecule has 4 nitrogen and oxygen atoms in total. The average Bonchev–Trinajstić information content (AvgIpc) is 2.61. The Hall–Kier alpha value is -1.79. The number of halogens is 3. The molecule has 0 spiro atoms. The zero-order valence-electron chi connectivity index (χ0n) is 9.22. The van der Waals surface area contributed by atoms with Crippen molar-refractivity contribution < 1.29 is 13.2 Å². The third kappa shape index (κ3) is 1.81. The molecule has 0 aliphatic heterocycles. The monoisotopic (exact) mass is 245 g/mol. The van der Waals surface area contributed by atoms with Crippen LogP contribution in [0.2, 0.25) is 0 Å². The molecule has 1 N–H and O–H groups in total. The van der Waals surface area contributed by atoms with E-state index in [9.17, 15) is 18.0 Å². The Bertz CT molecular complexity index is 624. The zero-order valence-corrected chi connectivity index (χ0v) is 9.22. The van der Waals surface area contributed by atoms with Gasteiger partial charge in [0.2, 0.25) is 5.82 Å². The molecule has 17 heavy (non-hydrogen) atoms. The van der Waals surface area contributed by atoms with Gasteiger partial charge in [0.05, 0.1) is 0 Å². The Morgan fingerprint density at radius 1 is 1.47 bits per heavy atom. The predicted molar refractivity (Wildman–Crippen MR) is 54.9 cm³/mol. The van der Waals surface area contributed by atoms with Crippen LogP contribution in [-0.4, -0.2) is 14.6 Å².